The third-order valence-electron chi connectivity index (χ3n) is 5.45. The van der Waals surface area contributed by atoms with E-state index in [1.54, 1.807) is 19.1 Å². The molecule has 0 amide bonds. The number of epoxide rings is 1. The van der Waals surface area contributed by atoms with Gasteiger partial charge in [-0.3, -0.25) is 0 Å². The van der Waals surface area contributed by atoms with Crippen molar-refractivity contribution in [3.05, 3.63) is 65.7 Å². The molecule has 0 bridgehead atoms. The number of benzene rings is 1. The minimum absolute atomic E-state index is 0.0296. The molecule has 1 saturated heterocycles. The van der Waals surface area contributed by atoms with E-state index in [0.717, 1.165) is 5.56 Å². The molecule has 0 radical (unpaired) electrons. The van der Waals surface area contributed by atoms with Crippen molar-refractivity contribution in [3.8, 4) is 11.5 Å². The molecule has 0 saturated carbocycles. The van der Waals surface area contributed by atoms with Crippen molar-refractivity contribution < 1.29 is 33.2 Å². The molecule has 7 nitrogen and oxygen atoms in total. The lowest BCUT2D eigenvalue weighted by molar-refractivity contribution is -0.136. The average molecular weight is 473 g/mol. The van der Waals surface area contributed by atoms with Gasteiger partial charge in [-0.05, 0) is 64.5 Å². The summed E-state index contributed by atoms with van der Waals surface area (Å²) >= 11 is 0. The molecule has 1 atom stereocenters. The van der Waals surface area contributed by atoms with E-state index in [1.807, 2.05) is 52.0 Å². The maximum atomic E-state index is 12.1. The van der Waals surface area contributed by atoms with E-state index in [1.165, 1.54) is 27.6 Å². The Morgan fingerprint density at radius 1 is 1.18 bits per heavy atom. The lowest BCUT2D eigenvalue weighted by Gasteiger charge is -2.24. The first-order valence-corrected chi connectivity index (χ1v) is 11.0. The quantitative estimate of drug-likeness (QED) is 0.103. The van der Waals surface area contributed by atoms with Crippen LogP contribution in [0.15, 0.2) is 60.1 Å². The summed E-state index contributed by atoms with van der Waals surface area (Å²) in [5.41, 5.74) is 0.947. The lowest BCUT2D eigenvalue weighted by Crippen LogP contribution is -2.25. The van der Waals surface area contributed by atoms with Crippen LogP contribution < -0.4 is 9.47 Å². The van der Waals surface area contributed by atoms with Crippen molar-refractivity contribution in [1.82, 2.24) is 0 Å². The number of carbonyl (C=O) groups is 1. The minimum Gasteiger partial charge on any atom is -0.503 e. The van der Waals surface area contributed by atoms with Crippen molar-refractivity contribution in [1.29, 1.82) is 0 Å². The van der Waals surface area contributed by atoms with E-state index in [2.05, 4.69) is 6.58 Å². The number of methoxy groups -OCH3 is 3. The second-order valence-corrected chi connectivity index (χ2v) is 8.92. The van der Waals surface area contributed by atoms with Crippen LogP contribution in [0.3, 0.4) is 0 Å². The zero-order valence-electron chi connectivity index (χ0n) is 21.4. The fourth-order valence-corrected chi connectivity index (χ4v) is 3.05. The van der Waals surface area contributed by atoms with Gasteiger partial charge in [-0.2, -0.15) is 0 Å². The van der Waals surface area contributed by atoms with Gasteiger partial charge in [0.15, 0.2) is 11.5 Å². The molecule has 1 aromatic rings. The van der Waals surface area contributed by atoms with Crippen LogP contribution in [0.25, 0.3) is 6.08 Å². The Balaban J connectivity index is 2.35. The minimum atomic E-state index is -0.564. The van der Waals surface area contributed by atoms with Crippen molar-refractivity contribution >= 4 is 12.0 Å². The zero-order chi connectivity index (χ0) is 25.5. The summed E-state index contributed by atoms with van der Waals surface area (Å²) in [6.45, 7) is 13.9. The van der Waals surface area contributed by atoms with Crippen molar-refractivity contribution in [2.75, 3.05) is 27.9 Å². The second-order valence-electron chi connectivity index (χ2n) is 8.92. The summed E-state index contributed by atoms with van der Waals surface area (Å²) in [5.74, 6) is 1.17. The average Bonchev–Trinajstić information content (AvgIpc) is 3.42. The molecule has 1 unspecified atom stereocenters. The molecule has 1 fully saturated rings. The van der Waals surface area contributed by atoms with E-state index in [-0.39, 0.29) is 17.3 Å². The molecule has 186 valence electrons. The van der Waals surface area contributed by atoms with Crippen LogP contribution in [0.4, 0.5) is 0 Å². The smallest absolute Gasteiger partial charge is 0.341 e. The Labute approximate surface area is 202 Å². The normalized spacial score (nSPS) is 18.1. The number of ether oxygens (including phenoxy) is 6. The molecule has 0 spiro atoms. The van der Waals surface area contributed by atoms with Crippen LogP contribution in [0.1, 0.15) is 40.2 Å². The van der Waals surface area contributed by atoms with Gasteiger partial charge < -0.3 is 28.4 Å². The third-order valence-corrected chi connectivity index (χ3v) is 5.45. The molecule has 2 rings (SSSR count). The highest BCUT2D eigenvalue weighted by atomic mass is 16.6. The van der Waals surface area contributed by atoms with Gasteiger partial charge in [0.25, 0.3) is 0 Å². The second kappa shape index (κ2) is 11.3. The van der Waals surface area contributed by atoms with Crippen LogP contribution >= 0.6 is 0 Å². The van der Waals surface area contributed by atoms with Crippen LogP contribution in [-0.2, 0) is 23.7 Å². The summed E-state index contributed by atoms with van der Waals surface area (Å²) in [4.78, 5) is 12.1. The molecule has 34 heavy (non-hydrogen) atoms. The maximum Gasteiger partial charge on any atom is 0.341 e. The van der Waals surface area contributed by atoms with Gasteiger partial charge >= 0.3 is 5.97 Å². The summed E-state index contributed by atoms with van der Waals surface area (Å²) in [5, 5.41) is 0. The van der Waals surface area contributed by atoms with Crippen LogP contribution in [0, 0.1) is 0 Å². The molecule has 0 aromatic heterocycles. The fraction of sp³-hybridized carbons (Fsp3) is 0.444. The fourth-order valence-electron chi connectivity index (χ4n) is 3.05. The molecule has 1 aliphatic rings. The lowest BCUT2D eigenvalue weighted by atomic mass is 10.1. The van der Waals surface area contributed by atoms with Crippen LogP contribution in [0.5, 0.6) is 11.5 Å². The SMILES string of the molecule is C=CC(C)(C)Oc1ccc(/C=C/C(OC)=C(C)\C(=C/OC)C(=O)OC)cc1OCC1OC1(C)C. The molecular formula is C27H36O7. The van der Waals surface area contributed by atoms with Gasteiger partial charge in [0.2, 0.25) is 0 Å². The number of hydrogen-bond donors (Lipinski definition) is 0. The van der Waals surface area contributed by atoms with Gasteiger partial charge in [0, 0.05) is 5.57 Å². The number of hydrogen-bond acceptors (Lipinski definition) is 7. The van der Waals surface area contributed by atoms with E-state index >= 15 is 0 Å². The predicted molar refractivity (Wildman–Crippen MR) is 132 cm³/mol. The highest BCUT2D eigenvalue weighted by Gasteiger charge is 2.48. The third kappa shape index (κ3) is 7.15. The van der Waals surface area contributed by atoms with Crippen molar-refractivity contribution in [2.24, 2.45) is 0 Å². The molecule has 0 N–H and O–H groups in total. The Bertz CT molecular complexity index is 983. The molecule has 0 aliphatic carbocycles. The van der Waals surface area contributed by atoms with Gasteiger partial charge in [0.1, 0.15) is 29.6 Å². The molecule has 1 aliphatic heterocycles. The Morgan fingerprint density at radius 2 is 1.85 bits per heavy atom. The molecular weight excluding hydrogens is 436 g/mol. The summed E-state index contributed by atoms with van der Waals surface area (Å²) in [6, 6.07) is 5.65. The van der Waals surface area contributed by atoms with E-state index < -0.39 is 11.6 Å². The molecule has 1 aromatic carbocycles. The summed E-state index contributed by atoms with van der Waals surface area (Å²) < 4.78 is 33.2. The highest BCUT2D eigenvalue weighted by Crippen LogP contribution is 2.38. The first kappa shape index (κ1) is 27.1. The first-order valence-electron chi connectivity index (χ1n) is 11.0. The largest absolute Gasteiger partial charge is 0.503 e. The van der Waals surface area contributed by atoms with E-state index in [4.69, 9.17) is 28.4 Å². The van der Waals surface area contributed by atoms with E-state index in [0.29, 0.717) is 29.4 Å². The molecule has 1 heterocycles. The van der Waals surface area contributed by atoms with Crippen molar-refractivity contribution in [3.63, 3.8) is 0 Å². The Morgan fingerprint density at radius 3 is 2.38 bits per heavy atom. The maximum absolute atomic E-state index is 12.1. The topological polar surface area (TPSA) is 75.8 Å². The van der Waals surface area contributed by atoms with Crippen LogP contribution in [0.2, 0.25) is 0 Å². The number of carbonyl (C=O) groups excluding carboxylic acids is 1. The van der Waals surface area contributed by atoms with Crippen LogP contribution in [-0.4, -0.2) is 51.2 Å². The predicted octanol–water partition coefficient (Wildman–Crippen LogP) is 5.22. The van der Waals surface area contributed by atoms with Gasteiger partial charge in [-0.15, -0.1) is 0 Å². The monoisotopic (exact) mass is 472 g/mol. The standard InChI is InChI=1S/C27H36O7/c1-10-26(3,4)33-22-14-12-19(15-23(22)32-17-24-27(5,6)34-24)11-13-21(30-8)18(2)20(16-29-7)25(28)31-9/h10-16,24H,1,17H2,2-9H3/b13-11+,20-16+,21-18+. The Kier molecular flexibility index (Phi) is 8.99. The highest BCUT2D eigenvalue weighted by molar-refractivity contribution is 5.93. The summed E-state index contributed by atoms with van der Waals surface area (Å²) in [7, 11) is 4.31. The van der Waals surface area contributed by atoms with Gasteiger partial charge in [0.05, 0.1) is 33.2 Å². The summed E-state index contributed by atoms with van der Waals surface area (Å²) in [6.07, 6.45) is 6.72. The number of allylic oxidation sites excluding steroid dienone is 1. The number of esters is 1. The Hall–Kier alpha value is -3.19. The van der Waals surface area contributed by atoms with E-state index in [9.17, 15) is 4.79 Å². The van der Waals surface area contributed by atoms with Gasteiger partial charge in [-0.1, -0.05) is 18.7 Å². The number of rotatable bonds is 12. The van der Waals surface area contributed by atoms with Gasteiger partial charge in [-0.25, -0.2) is 4.79 Å². The van der Waals surface area contributed by atoms with Crippen molar-refractivity contribution in [2.45, 2.75) is 51.9 Å². The molecule has 7 heteroatoms. The zero-order valence-corrected chi connectivity index (χ0v) is 21.4. The first-order chi connectivity index (χ1) is 16.0.